The van der Waals surface area contributed by atoms with Crippen molar-refractivity contribution in [2.75, 3.05) is 13.6 Å². The molecular weight excluding hydrogens is 412 g/mol. The topological polar surface area (TPSA) is 70.1 Å². The SMILES string of the molecule is Cc1ccc2[nH]c(C(=O)N(C)[C@H](CCNC(=O)c3cccn3C)Cc3ccccc3)cc2c1. The van der Waals surface area contributed by atoms with Crippen LogP contribution in [0, 0.1) is 6.92 Å². The fourth-order valence-electron chi connectivity index (χ4n) is 4.18. The lowest BCUT2D eigenvalue weighted by atomic mass is 10.0. The third-order valence-electron chi connectivity index (χ3n) is 6.13. The normalized spacial score (nSPS) is 12.0. The zero-order valence-electron chi connectivity index (χ0n) is 19.3. The molecule has 0 aliphatic heterocycles. The minimum Gasteiger partial charge on any atom is -0.351 e. The summed E-state index contributed by atoms with van der Waals surface area (Å²) < 4.78 is 1.80. The number of hydrogen-bond donors (Lipinski definition) is 2. The van der Waals surface area contributed by atoms with Crippen LogP contribution >= 0.6 is 0 Å². The van der Waals surface area contributed by atoms with Gasteiger partial charge >= 0.3 is 0 Å². The van der Waals surface area contributed by atoms with E-state index in [2.05, 4.69) is 28.5 Å². The molecule has 2 heterocycles. The first-order valence-electron chi connectivity index (χ1n) is 11.2. The van der Waals surface area contributed by atoms with Crippen molar-refractivity contribution in [2.45, 2.75) is 25.8 Å². The van der Waals surface area contributed by atoms with Gasteiger partial charge in [-0.3, -0.25) is 9.59 Å². The van der Waals surface area contributed by atoms with E-state index in [0.717, 1.165) is 22.0 Å². The summed E-state index contributed by atoms with van der Waals surface area (Å²) in [6, 6.07) is 21.7. The Morgan fingerprint density at radius 3 is 2.58 bits per heavy atom. The molecule has 4 aromatic rings. The monoisotopic (exact) mass is 442 g/mol. The molecule has 2 aromatic carbocycles. The molecule has 33 heavy (non-hydrogen) atoms. The summed E-state index contributed by atoms with van der Waals surface area (Å²) in [6.07, 6.45) is 3.20. The molecule has 0 aliphatic rings. The van der Waals surface area contributed by atoms with E-state index in [1.807, 2.05) is 69.7 Å². The molecule has 2 aromatic heterocycles. The first kappa shape index (κ1) is 22.4. The van der Waals surface area contributed by atoms with Gasteiger partial charge in [0.15, 0.2) is 0 Å². The van der Waals surface area contributed by atoms with Crippen LogP contribution in [0.3, 0.4) is 0 Å². The molecule has 0 aliphatic carbocycles. The molecule has 2 amide bonds. The molecular formula is C27H30N4O2. The summed E-state index contributed by atoms with van der Waals surface area (Å²) in [6.45, 7) is 2.52. The quantitative estimate of drug-likeness (QED) is 0.427. The number of aromatic amines is 1. The van der Waals surface area contributed by atoms with Crippen LogP contribution in [0.15, 0.2) is 72.9 Å². The Labute approximate surface area is 194 Å². The molecule has 6 heteroatoms. The summed E-state index contributed by atoms with van der Waals surface area (Å²) in [5, 5.41) is 4.03. The van der Waals surface area contributed by atoms with E-state index in [0.29, 0.717) is 30.8 Å². The minimum atomic E-state index is -0.110. The summed E-state index contributed by atoms with van der Waals surface area (Å²) in [4.78, 5) is 30.9. The van der Waals surface area contributed by atoms with E-state index in [1.54, 1.807) is 15.5 Å². The lowest BCUT2D eigenvalue weighted by Gasteiger charge is -2.28. The smallest absolute Gasteiger partial charge is 0.270 e. The second-order valence-corrected chi connectivity index (χ2v) is 8.58. The van der Waals surface area contributed by atoms with Gasteiger partial charge in [-0.25, -0.2) is 0 Å². The van der Waals surface area contributed by atoms with Crippen molar-refractivity contribution < 1.29 is 9.59 Å². The molecule has 0 radical (unpaired) electrons. The van der Waals surface area contributed by atoms with Crippen LogP contribution in [0.25, 0.3) is 10.9 Å². The van der Waals surface area contributed by atoms with Gasteiger partial charge in [-0.2, -0.15) is 0 Å². The number of fused-ring (bicyclic) bond motifs is 1. The minimum absolute atomic E-state index is 0.0569. The molecule has 1 atom stereocenters. The van der Waals surface area contributed by atoms with Crippen LogP contribution < -0.4 is 5.32 Å². The first-order chi connectivity index (χ1) is 15.9. The lowest BCUT2D eigenvalue weighted by molar-refractivity contribution is 0.0718. The number of aryl methyl sites for hydroxylation is 2. The zero-order chi connectivity index (χ0) is 23.4. The highest BCUT2D eigenvalue weighted by Crippen LogP contribution is 2.20. The second-order valence-electron chi connectivity index (χ2n) is 8.58. The van der Waals surface area contributed by atoms with Crippen LogP contribution in [0.4, 0.5) is 0 Å². The van der Waals surface area contributed by atoms with E-state index < -0.39 is 0 Å². The Morgan fingerprint density at radius 2 is 1.85 bits per heavy atom. The van der Waals surface area contributed by atoms with Gasteiger partial charge in [-0.05, 0) is 55.7 Å². The van der Waals surface area contributed by atoms with Gasteiger partial charge in [0.05, 0.1) is 0 Å². The number of amides is 2. The maximum absolute atomic E-state index is 13.4. The summed E-state index contributed by atoms with van der Waals surface area (Å²) >= 11 is 0. The van der Waals surface area contributed by atoms with Gasteiger partial charge in [0, 0.05) is 43.8 Å². The Hall–Kier alpha value is -3.80. The lowest BCUT2D eigenvalue weighted by Crippen LogP contribution is -2.41. The number of carbonyl (C=O) groups excluding carboxylic acids is 2. The van der Waals surface area contributed by atoms with Gasteiger partial charge in [0.1, 0.15) is 11.4 Å². The van der Waals surface area contributed by atoms with Crippen LogP contribution in [0.2, 0.25) is 0 Å². The molecule has 0 saturated carbocycles. The Balaban J connectivity index is 1.49. The van der Waals surface area contributed by atoms with Crippen molar-refractivity contribution in [3.05, 3.63) is 95.4 Å². The maximum Gasteiger partial charge on any atom is 0.270 e. The third kappa shape index (κ3) is 5.17. The zero-order valence-corrected chi connectivity index (χ0v) is 19.3. The molecule has 0 saturated heterocycles. The van der Waals surface area contributed by atoms with Crippen molar-refractivity contribution in [3.63, 3.8) is 0 Å². The molecule has 6 nitrogen and oxygen atoms in total. The average Bonchev–Trinajstić information content (AvgIpc) is 3.43. The first-order valence-corrected chi connectivity index (χ1v) is 11.2. The van der Waals surface area contributed by atoms with Crippen LogP contribution in [0.5, 0.6) is 0 Å². The number of H-pyrrole nitrogens is 1. The molecule has 0 unspecified atom stereocenters. The summed E-state index contributed by atoms with van der Waals surface area (Å²) in [5.74, 6) is -0.167. The number of aromatic nitrogens is 2. The molecule has 2 N–H and O–H groups in total. The highest BCUT2D eigenvalue weighted by molar-refractivity contribution is 5.98. The van der Waals surface area contributed by atoms with Gasteiger partial charge in [0.2, 0.25) is 0 Å². The highest BCUT2D eigenvalue weighted by atomic mass is 16.2. The van der Waals surface area contributed by atoms with Crippen molar-refractivity contribution in [3.8, 4) is 0 Å². The van der Waals surface area contributed by atoms with E-state index in [9.17, 15) is 9.59 Å². The van der Waals surface area contributed by atoms with Crippen molar-refractivity contribution >= 4 is 22.7 Å². The molecule has 4 rings (SSSR count). The van der Waals surface area contributed by atoms with E-state index in [1.165, 1.54) is 0 Å². The van der Waals surface area contributed by atoms with Gasteiger partial charge in [-0.1, -0.05) is 42.0 Å². The van der Waals surface area contributed by atoms with Crippen molar-refractivity contribution in [1.82, 2.24) is 19.8 Å². The Bertz CT molecular complexity index is 1260. The number of benzene rings is 2. The van der Waals surface area contributed by atoms with E-state index in [-0.39, 0.29) is 17.9 Å². The fraction of sp³-hybridized carbons (Fsp3) is 0.259. The van der Waals surface area contributed by atoms with Gasteiger partial charge in [0.25, 0.3) is 11.8 Å². The largest absolute Gasteiger partial charge is 0.351 e. The predicted octanol–water partition coefficient (Wildman–Crippen LogP) is 4.32. The fourth-order valence-corrected chi connectivity index (χ4v) is 4.18. The third-order valence-corrected chi connectivity index (χ3v) is 6.13. The van der Waals surface area contributed by atoms with Gasteiger partial charge in [-0.15, -0.1) is 0 Å². The summed E-state index contributed by atoms with van der Waals surface area (Å²) in [5.41, 5.74) is 4.45. The summed E-state index contributed by atoms with van der Waals surface area (Å²) in [7, 11) is 3.69. The molecule has 170 valence electrons. The Kier molecular flexibility index (Phi) is 6.63. The van der Waals surface area contributed by atoms with Gasteiger partial charge < -0.3 is 19.8 Å². The van der Waals surface area contributed by atoms with Crippen LogP contribution in [-0.2, 0) is 13.5 Å². The number of nitrogens with one attached hydrogen (secondary N) is 2. The second kappa shape index (κ2) is 9.77. The van der Waals surface area contributed by atoms with Crippen LogP contribution in [-0.4, -0.2) is 45.9 Å². The number of nitrogens with zero attached hydrogens (tertiary/aromatic N) is 2. The van der Waals surface area contributed by atoms with Crippen molar-refractivity contribution in [2.24, 2.45) is 7.05 Å². The van der Waals surface area contributed by atoms with Crippen LogP contribution in [0.1, 0.15) is 38.5 Å². The number of rotatable bonds is 8. The van der Waals surface area contributed by atoms with E-state index in [4.69, 9.17) is 0 Å². The maximum atomic E-state index is 13.4. The molecule has 0 bridgehead atoms. The predicted molar refractivity (Wildman–Crippen MR) is 131 cm³/mol. The number of likely N-dealkylation sites (N-methyl/N-ethyl adjacent to an activating group) is 1. The average molecular weight is 443 g/mol. The number of carbonyl (C=O) groups is 2. The molecule has 0 fully saturated rings. The van der Waals surface area contributed by atoms with Crippen molar-refractivity contribution in [1.29, 1.82) is 0 Å². The number of hydrogen-bond acceptors (Lipinski definition) is 2. The van der Waals surface area contributed by atoms with E-state index >= 15 is 0 Å². The Morgan fingerprint density at radius 1 is 1.06 bits per heavy atom. The molecule has 0 spiro atoms. The highest BCUT2D eigenvalue weighted by Gasteiger charge is 2.23. The standard InChI is InChI=1S/C27H30N4O2/c1-19-11-12-23-21(16-19)18-24(29-23)27(33)31(3)22(17-20-8-5-4-6-9-20)13-14-28-26(32)25-10-7-15-30(25)2/h4-12,15-16,18,22,29H,13-14,17H2,1-3H3,(H,28,32)/t22-/m1/s1.